The normalized spacial score (nSPS) is 18.4. The van der Waals surface area contributed by atoms with Crippen molar-refractivity contribution < 1.29 is 19.1 Å². The van der Waals surface area contributed by atoms with Gasteiger partial charge in [-0.3, -0.25) is 19.3 Å². The van der Waals surface area contributed by atoms with Crippen LogP contribution in [0, 0.1) is 11.8 Å². The largest absolute Gasteiger partial charge is 0.381 e. The number of benzene rings is 1. The predicted octanol–water partition coefficient (Wildman–Crippen LogP) is 3.78. The summed E-state index contributed by atoms with van der Waals surface area (Å²) in [5, 5.41) is 6.80. The average Bonchev–Trinajstić information content (AvgIpc) is 3.41. The Morgan fingerprint density at radius 1 is 1.14 bits per heavy atom. The number of Topliss-reactive ketones (excluding diaryl/α,β-unsaturated/α-hetero) is 1. The van der Waals surface area contributed by atoms with Gasteiger partial charge in [0, 0.05) is 83.9 Å². The lowest BCUT2D eigenvalue weighted by molar-refractivity contribution is -0.131. The van der Waals surface area contributed by atoms with Crippen LogP contribution >= 0.6 is 11.3 Å². The first kappa shape index (κ1) is 33.2. The van der Waals surface area contributed by atoms with Gasteiger partial charge in [0.2, 0.25) is 11.8 Å². The van der Waals surface area contributed by atoms with Crippen LogP contribution in [0.3, 0.4) is 0 Å². The van der Waals surface area contributed by atoms with E-state index in [1.165, 1.54) is 5.56 Å². The molecule has 0 bridgehead atoms. The molecule has 1 aromatic carbocycles. The van der Waals surface area contributed by atoms with E-state index in [-0.39, 0.29) is 36.0 Å². The van der Waals surface area contributed by atoms with Crippen LogP contribution in [0.4, 0.5) is 0 Å². The highest BCUT2D eigenvalue weighted by Crippen LogP contribution is 2.29. The number of amides is 2. The maximum Gasteiger partial charge on any atom is 0.224 e. The van der Waals surface area contributed by atoms with Gasteiger partial charge in [-0.1, -0.05) is 26.5 Å². The number of thiazole rings is 1. The van der Waals surface area contributed by atoms with Crippen molar-refractivity contribution >= 4 is 39.2 Å². The lowest BCUT2D eigenvalue weighted by atomic mass is 9.87. The van der Waals surface area contributed by atoms with E-state index in [9.17, 15) is 14.4 Å². The molecule has 2 fully saturated rings. The SMILES string of the molecule is C=C(CN1CCN(C)CC1)C(=O)CC[C@@H](NC(=O)[C@@H](CC(=O)NC)Cc1nc2ccc(C(C)C)cc2s1)C1CCOCC1. The number of likely N-dealkylation sites (N-methyl/N-ethyl adjacent to an activating group) is 1. The van der Waals surface area contributed by atoms with Crippen LogP contribution in [0.1, 0.15) is 62.4 Å². The van der Waals surface area contributed by atoms with Crippen molar-refractivity contribution in [3.05, 3.63) is 40.9 Å². The van der Waals surface area contributed by atoms with Crippen LogP contribution in [-0.4, -0.2) is 98.5 Å². The smallest absolute Gasteiger partial charge is 0.224 e. The van der Waals surface area contributed by atoms with Crippen molar-refractivity contribution in [1.82, 2.24) is 25.4 Å². The maximum absolute atomic E-state index is 13.8. The van der Waals surface area contributed by atoms with Crippen molar-refractivity contribution in [2.45, 2.75) is 64.3 Å². The molecule has 10 heteroatoms. The van der Waals surface area contributed by atoms with E-state index in [4.69, 9.17) is 9.72 Å². The topological polar surface area (TPSA) is 104 Å². The molecule has 0 saturated carbocycles. The molecule has 2 N–H and O–H groups in total. The summed E-state index contributed by atoms with van der Waals surface area (Å²) in [5.74, 6) is -0.210. The molecule has 2 aromatic rings. The number of piperazine rings is 1. The molecule has 236 valence electrons. The number of nitrogens with zero attached hydrogens (tertiary/aromatic N) is 3. The summed E-state index contributed by atoms with van der Waals surface area (Å²) in [7, 11) is 3.70. The third kappa shape index (κ3) is 9.66. The third-order valence-corrected chi connectivity index (χ3v) is 9.92. The van der Waals surface area contributed by atoms with Gasteiger partial charge in [0.05, 0.1) is 21.1 Å². The quantitative estimate of drug-likeness (QED) is 0.314. The third-order valence-electron chi connectivity index (χ3n) is 8.88. The van der Waals surface area contributed by atoms with E-state index < -0.39 is 5.92 Å². The predicted molar refractivity (Wildman–Crippen MR) is 172 cm³/mol. The Balaban J connectivity index is 1.43. The number of ketones is 1. The molecule has 2 saturated heterocycles. The monoisotopic (exact) mass is 611 g/mol. The van der Waals surface area contributed by atoms with Gasteiger partial charge in [-0.15, -0.1) is 11.3 Å². The Morgan fingerprint density at radius 3 is 2.53 bits per heavy atom. The summed E-state index contributed by atoms with van der Waals surface area (Å²) in [4.78, 5) is 48.8. The van der Waals surface area contributed by atoms with Crippen LogP contribution in [0.5, 0.6) is 0 Å². The highest BCUT2D eigenvalue weighted by molar-refractivity contribution is 7.18. The van der Waals surface area contributed by atoms with Crippen LogP contribution in [0.15, 0.2) is 30.4 Å². The Labute approximate surface area is 260 Å². The summed E-state index contributed by atoms with van der Waals surface area (Å²) in [6.07, 6.45) is 3.01. The molecule has 0 unspecified atom stereocenters. The molecule has 2 amide bonds. The van der Waals surface area contributed by atoms with E-state index in [2.05, 4.69) is 60.0 Å². The second kappa shape index (κ2) is 15.9. The van der Waals surface area contributed by atoms with E-state index in [1.54, 1.807) is 18.4 Å². The lowest BCUT2D eigenvalue weighted by Crippen LogP contribution is -2.46. The fraction of sp³-hybridized carbons (Fsp3) is 0.636. The van der Waals surface area contributed by atoms with Crippen LogP contribution in [0.2, 0.25) is 0 Å². The second-order valence-corrected chi connectivity index (χ2v) is 13.6. The van der Waals surface area contributed by atoms with E-state index in [0.717, 1.165) is 54.2 Å². The molecule has 2 aliphatic rings. The number of aromatic nitrogens is 1. The van der Waals surface area contributed by atoms with Crippen molar-refractivity contribution in [2.24, 2.45) is 11.8 Å². The van der Waals surface area contributed by atoms with Gasteiger partial charge in [0.25, 0.3) is 0 Å². The highest BCUT2D eigenvalue weighted by atomic mass is 32.1. The van der Waals surface area contributed by atoms with Crippen LogP contribution in [-0.2, 0) is 25.5 Å². The molecular weight excluding hydrogens is 562 g/mol. The summed E-state index contributed by atoms with van der Waals surface area (Å²) in [6, 6.07) is 6.14. The first-order valence-corrected chi connectivity index (χ1v) is 16.5. The first-order valence-electron chi connectivity index (χ1n) is 15.7. The molecule has 1 aromatic heterocycles. The average molecular weight is 612 g/mol. The van der Waals surface area contributed by atoms with Gasteiger partial charge in [-0.25, -0.2) is 4.98 Å². The zero-order valence-corrected chi connectivity index (χ0v) is 27.1. The van der Waals surface area contributed by atoms with Gasteiger partial charge >= 0.3 is 0 Å². The number of rotatable bonds is 14. The molecule has 0 spiro atoms. The second-order valence-electron chi connectivity index (χ2n) is 12.5. The number of hydrogen-bond acceptors (Lipinski definition) is 8. The number of carbonyl (C=O) groups excluding carboxylic acids is 3. The van der Waals surface area contributed by atoms with E-state index in [0.29, 0.717) is 50.5 Å². The maximum atomic E-state index is 13.8. The van der Waals surface area contributed by atoms with E-state index >= 15 is 0 Å². The molecule has 3 heterocycles. The summed E-state index contributed by atoms with van der Waals surface area (Å²) in [5.41, 5.74) is 2.80. The summed E-state index contributed by atoms with van der Waals surface area (Å²) in [6.45, 7) is 14.2. The lowest BCUT2D eigenvalue weighted by Gasteiger charge is -2.33. The van der Waals surface area contributed by atoms with Crippen molar-refractivity contribution in [1.29, 1.82) is 0 Å². The van der Waals surface area contributed by atoms with Crippen LogP contribution in [0.25, 0.3) is 10.2 Å². The highest BCUT2D eigenvalue weighted by Gasteiger charge is 2.31. The molecule has 0 aliphatic carbocycles. The van der Waals surface area contributed by atoms with Gasteiger partial charge in [-0.2, -0.15) is 0 Å². The molecule has 4 rings (SSSR count). The van der Waals surface area contributed by atoms with Gasteiger partial charge in [-0.05, 0) is 55.8 Å². The number of fused-ring (bicyclic) bond motifs is 1. The number of nitrogens with one attached hydrogen (secondary N) is 2. The fourth-order valence-corrected chi connectivity index (χ4v) is 7.00. The Kier molecular flexibility index (Phi) is 12.3. The van der Waals surface area contributed by atoms with Gasteiger partial charge in [0.15, 0.2) is 5.78 Å². The fourth-order valence-electron chi connectivity index (χ4n) is 5.90. The Morgan fingerprint density at radius 2 is 1.86 bits per heavy atom. The molecule has 2 aliphatic heterocycles. The molecule has 9 nitrogen and oxygen atoms in total. The standard InChI is InChI=1S/C33H49N5O4S/c1-22(2)25-6-7-28-30(18-25)43-32(35-28)20-26(19-31(40)34-4)33(41)36-27(24-10-16-42-17-11-24)8-9-29(39)23(3)21-38-14-12-37(5)13-15-38/h6-7,18,22,24,26-27H,3,8-17,19-21H2,1-2,4-5H3,(H,34,40)(H,36,41)/t26-,27+/m0/s1. The summed E-state index contributed by atoms with van der Waals surface area (Å²) >= 11 is 1.59. The van der Waals surface area contributed by atoms with Crippen molar-refractivity contribution in [3.8, 4) is 0 Å². The van der Waals surface area contributed by atoms with Crippen LogP contribution < -0.4 is 10.6 Å². The first-order chi connectivity index (χ1) is 20.6. The minimum absolute atomic E-state index is 0.0578. The molecule has 2 atom stereocenters. The van der Waals surface area contributed by atoms with Crippen molar-refractivity contribution in [2.75, 3.05) is 60.0 Å². The number of ether oxygens (including phenoxy) is 1. The summed E-state index contributed by atoms with van der Waals surface area (Å²) < 4.78 is 6.69. The molecule has 43 heavy (non-hydrogen) atoms. The minimum Gasteiger partial charge on any atom is -0.381 e. The minimum atomic E-state index is -0.560. The number of carbonyl (C=O) groups is 3. The van der Waals surface area contributed by atoms with E-state index in [1.807, 2.05) is 6.07 Å². The Hall–Kier alpha value is -2.66. The zero-order valence-electron chi connectivity index (χ0n) is 26.3. The zero-order chi connectivity index (χ0) is 30.9. The Bertz CT molecular complexity index is 1260. The number of hydrogen-bond donors (Lipinski definition) is 2. The molecule has 0 radical (unpaired) electrons. The van der Waals surface area contributed by atoms with Gasteiger partial charge in [0.1, 0.15) is 0 Å². The van der Waals surface area contributed by atoms with Gasteiger partial charge < -0.3 is 20.3 Å². The van der Waals surface area contributed by atoms with Crippen molar-refractivity contribution in [3.63, 3.8) is 0 Å². The molecular formula is C33H49N5O4S.